The van der Waals surface area contributed by atoms with Crippen LogP contribution in [0.15, 0.2) is 47.5 Å². The molecule has 1 amide bonds. The molecule has 8 heteroatoms. The first-order valence-electron chi connectivity index (χ1n) is 8.77. The molecule has 27 heavy (non-hydrogen) atoms. The van der Waals surface area contributed by atoms with Gasteiger partial charge in [0, 0.05) is 26.2 Å². The summed E-state index contributed by atoms with van der Waals surface area (Å²) in [6.07, 6.45) is 2.22. The van der Waals surface area contributed by atoms with Crippen LogP contribution in [0.5, 0.6) is 5.75 Å². The normalized spacial score (nSPS) is 24.3. The highest BCUT2D eigenvalue weighted by molar-refractivity contribution is 7.89. The Bertz CT molecular complexity index is 990. The van der Waals surface area contributed by atoms with Crippen LogP contribution in [0.3, 0.4) is 0 Å². The molecule has 2 aliphatic rings. The number of hydrogen-bond donors (Lipinski definition) is 0. The van der Waals surface area contributed by atoms with Gasteiger partial charge in [0.25, 0.3) is 5.91 Å². The number of carbonyl (C=O) groups is 1. The lowest BCUT2D eigenvalue weighted by Gasteiger charge is -2.30. The Morgan fingerprint density at radius 1 is 1.19 bits per heavy atom. The van der Waals surface area contributed by atoms with Crippen LogP contribution in [0.4, 0.5) is 0 Å². The molecule has 1 aromatic heterocycles. The van der Waals surface area contributed by atoms with Gasteiger partial charge >= 0.3 is 0 Å². The van der Waals surface area contributed by atoms with Crippen molar-refractivity contribution in [3.05, 3.63) is 53.9 Å². The summed E-state index contributed by atoms with van der Waals surface area (Å²) in [7, 11) is -2.07. The van der Waals surface area contributed by atoms with E-state index in [1.54, 1.807) is 48.5 Å². The maximum Gasteiger partial charge on any atom is 0.272 e. The van der Waals surface area contributed by atoms with Gasteiger partial charge in [0.1, 0.15) is 21.9 Å². The molecule has 0 aliphatic carbocycles. The highest BCUT2D eigenvalue weighted by Gasteiger charge is 2.47. The van der Waals surface area contributed by atoms with Gasteiger partial charge in [-0.1, -0.05) is 18.2 Å². The summed E-state index contributed by atoms with van der Waals surface area (Å²) in [5, 5.41) is 0. The van der Waals surface area contributed by atoms with Crippen LogP contribution >= 0.6 is 0 Å². The summed E-state index contributed by atoms with van der Waals surface area (Å²) in [6, 6.07) is 10.2. The van der Waals surface area contributed by atoms with E-state index in [4.69, 9.17) is 4.74 Å². The Morgan fingerprint density at radius 2 is 1.96 bits per heavy atom. The minimum atomic E-state index is -3.62. The third-order valence-corrected chi connectivity index (χ3v) is 6.95. The number of amides is 1. The number of fused-ring (bicyclic) bond motifs is 1. The standard InChI is InChI=1S/C19H21N3O4S/c1-14-7-8-15(20-11-14)18(23)22-10-9-19(13-22)12-21(2)27(24,25)17-6-4-3-5-16(17)26-19/h3-8,11H,9-10,12-13H2,1-2H3. The van der Waals surface area contributed by atoms with E-state index >= 15 is 0 Å². The van der Waals surface area contributed by atoms with Crippen LogP contribution in [-0.2, 0) is 10.0 Å². The number of rotatable bonds is 1. The molecule has 1 aromatic carbocycles. The van der Waals surface area contributed by atoms with Crippen molar-refractivity contribution in [1.82, 2.24) is 14.2 Å². The van der Waals surface area contributed by atoms with Gasteiger partial charge in [-0.25, -0.2) is 8.42 Å². The molecule has 0 bridgehead atoms. The molecular weight excluding hydrogens is 366 g/mol. The van der Waals surface area contributed by atoms with Crippen LogP contribution in [0.1, 0.15) is 22.5 Å². The fourth-order valence-electron chi connectivity index (χ4n) is 3.66. The van der Waals surface area contributed by atoms with Gasteiger partial charge in [-0.15, -0.1) is 0 Å². The molecule has 1 saturated heterocycles. The number of benzene rings is 1. The topological polar surface area (TPSA) is 79.8 Å². The second-order valence-electron chi connectivity index (χ2n) is 7.19. The fourth-order valence-corrected chi connectivity index (χ4v) is 5.01. The van der Waals surface area contributed by atoms with E-state index in [1.165, 1.54) is 4.31 Å². The smallest absolute Gasteiger partial charge is 0.272 e. The van der Waals surface area contributed by atoms with Gasteiger partial charge in [-0.3, -0.25) is 9.78 Å². The van der Waals surface area contributed by atoms with Crippen molar-refractivity contribution in [3.63, 3.8) is 0 Å². The first kappa shape index (κ1) is 17.9. The summed E-state index contributed by atoms with van der Waals surface area (Å²) < 4.78 is 33.1. The van der Waals surface area contributed by atoms with Crippen LogP contribution < -0.4 is 4.74 Å². The largest absolute Gasteiger partial charge is 0.483 e. The van der Waals surface area contributed by atoms with Crippen LogP contribution in [0, 0.1) is 6.92 Å². The van der Waals surface area contributed by atoms with Crippen molar-refractivity contribution in [1.29, 1.82) is 0 Å². The number of aryl methyl sites for hydroxylation is 1. The highest BCUT2D eigenvalue weighted by atomic mass is 32.2. The second kappa shape index (κ2) is 6.31. The van der Waals surface area contributed by atoms with Crippen molar-refractivity contribution in [2.45, 2.75) is 23.8 Å². The van der Waals surface area contributed by atoms with E-state index in [1.807, 2.05) is 13.0 Å². The number of para-hydroxylation sites is 1. The second-order valence-corrected chi connectivity index (χ2v) is 9.20. The number of carbonyl (C=O) groups excluding carboxylic acids is 1. The quantitative estimate of drug-likeness (QED) is 0.744. The zero-order chi connectivity index (χ0) is 19.2. The summed E-state index contributed by atoms with van der Waals surface area (Å²) in [5.41, 5.74) is 0.599. The highest BCUT2D eigenvalue weighted by Crippen LogP contribution is 2.37. The van der Waals surface area contributed by atoms with E-state index in [0.717, 1.165) is 5.56 Å². The van der Waals surface area contributed by atoms with Gasteiger partial charge < -0.3 is 9.64 Å². The minimum absolute atomic E-state index is 0.161. The average molecular weight is 387 g/mol. The Morgan fingerprint density at radius 3 is 2.70 bits per heavy atom. The molecule has 1 unspecified atom stereocenters. The monoisotopic (exact) mass is 387 g/mol. The van der Waals surface area contributed by atoms with Gasteiger partial charge in [0.05, 0.1) is 13.1 Å². The van der Waals surface area contributed by atoms with E-state index in [-0.39, 0.29) is 17.3 Å². The molecule has 0 saturated carbocycles. The molecule has 1 atom stereocenters. The number of hydrogen-bond acceptors (Lipinski definition) is 5. The van der Waals surface area contributed by atoms with Crippen LogP contribution in [-0.4, -0.2) is 60.8 Å². The van der Waals surface area contributed by atoms with Gasteiger partial charge in [-0.05, 0) is 30.7 Å². The number of likely N-dealkylation sites (N-methyl/N-ethyl adjacent to an activating group) is 1. The maximum absolute atomic E-state index is 12.8. The predicted octanol–water partition coefficient (Wildman–Crippen LogP) is 1.69. The molecule has 0 radical (unpaired) electrons. The number of sulfonamides is 1. The van der Waals surface area contributed by atoms with Gasteiger partial charge in [0.2, 0.25) is 10.0 Å². The number of aromatic nitrogens is 1. The molecule has 2 aliphatic heterocycles. The lowest BCUT2D eigenvalue weighted by molar-refractivity contribution is 0.0541. The number of ether oxygens (including phenoxy) is 1. The van der Waals surface area contributed by atoms with E-state index in [9.17, 15) is 13.2 Å². The predicted molar refractivity (Wildman–Crippen MR) is 99.1 cm³/mol. The number of likely N-dealkylation sites (tertiary alicyclic amines) is 1. The van der Waals surface area contributed by atoms with Gasteiger partial charge in [0.15, 0.2) is 0 Å². The number of pyridine rings is 1. The molecule has 0 N–H and O–H groups in total. The minimum Gasteiger partial charge on any atom is -0.483 e. The Hall–Kier alpha value is -2.45. The third kappa shape index (κ3) is 3.08. The van der Waals surface area contributed by atoms with Crippen molar-refractivity contribution in [2.24, 2.45) is 0 Å². The summed E-state index contributed by atoms with van der Waals surface area (Å²) in [6.45, 7) is 2.91. The van der Waals surface area contributed by atoms with Crippen LogP contribution in [0.2, 0.25) is 0 Å². The maximum atomic E-state index is 12.8. The zero-order valence-corrected chi connectivity index (χ0v) is 16.1. The lowest BCUT2D eigenvalue weighted by Crippen LogP contribution is -2.48. The Labute approximate surface area is 158 Å². The van der Waals surface area contributed by atoms with Crippen molar-refractivity contribution < 1.29 is 17.9 Å². The van der Waals surface area contributed by atoms with Gasteiger partial charge in [-0.2, -0.15) is 4.31 Å². The van der Waals surface area contributed by atoms with E-state index in [0.29, 0.717) is 31.0 Å². The molecule has 7 nitrogen and oxygen atoms in total. The zero-order valence-electron chi connectivity index (χ0n) is 15.3. The van der Waals surface area contributed by atoms with E-state index in [2.05, 4.69) is 4.98 Å². The number of nitrogens with zero attached hydrogens (tertiary/aromatic N) is 3. The Balaban J connectivity index is 1.63. The molecule has 2 aromatic rings. The summed E-state index contributed by atoms with van der Waals surface area (Å²) >= 11 is 0. The molecule has 4 rings (SSSR count). The summed E-state index contributed by atoms with van der Waals surface area (Å²) in [5.74, 6) is 0.170. The fraction of sp³-hybridized carbons (Fsp3) is 0.368. The lowest BCUT2D eigenvalue weighted by atomic mass is 10.0. The Kier molecular flexibility index (Phi) is 4.20. The average Bonchev–Trinajstić information content (AvgIpc) is 3.02. The van der Waals surface area contributed by atoms with Crippen molar-refractivity contribution in [2.75, 3.05) is 26.7 Å². The third-order valence-electron chi connectivity index (χ3n) is 5.11. The van der Waals surface area contributed by atoms with Crippen molar-refractivity contribution >= 4 is 15.9 Å². The first-order chi connectivity index (χ1) is 12.8. The molecule has 3 heterocycles. The molecule has 1 spiro atoms. The van der Waals surface area contributed by atoms with Crippen LogP contribution in [0.25, 0.3) is 0 Å². The first-order valence-corrected chi connectivity index (χ1v) is 10.2. The molecular formula is C19H21N3O4S. The molecule has 1 fully saturated rings. The SMILES string of the molecule is Cc1ccc(C(=O)N2CCC3(C2)CN(C)S(=O)(=O)c2ccccc2O3)nc1. The summed E-state index contributed by atoms with van der Waals surface area (Å²) in [4.78, 5) is 18.9. The molecule has 142 valence electrons. The van der Waals surface area contributed by atoms with Crippen molar-refractivity contribution in [3.8, 4) is 5.75 Å². The van der Waals surface area contributed by atoms with E-state index < -0.39 is 15.6 Å².